The van der Waals surface area contributed by atoms with Crippen molar-refractivity contribution in [3.05, 3.63) is 0 Å². The van der Waals surface area contributed by atoms with Gasteiger partial charge in [-0.3, -0.25) is 0 Å². The van der Waals surface area contributed by atoms with Crippen LogP contribution in [0.15, 0.2) is 0 Å². The van der Waals surface area contributed by atoms with Crippen molar-refractivity contribution in [3.63, 3.8) is 0 Å². The molecule has 1 fully saturated rings. The summed E-state index contributed by atoms with van der Waals surface area (Å²) >= 11 is 0. The molecule has 0 aromatic rings. The first-order valence-corrected chi connectivity index (χ1v) is 3.53. The first-order valence-electron chi connectivity index (χ1n) is 3.53. The van der Waals surface area contributed by atoms with Crippen LogP contribution in [0.3, 0.4) is 0 Å². The van der Waals surface area contributed by atoms with Crippen molar-refractivity contribution >= 4 is 0 Å². The molecule has 0 spiro atoms. The maximum absolute atomic E-state index is 8.98. The van der Waals surface area contributed by atoms with E-state index in [4.69, 9.17) is 9.84 Å². The summed E-state index contributed by atoms with van der Waals surface area (Å²) in [5.74, 6) is 0.605. The van der Waals surface area contributed by atoms with Crippen molar-refractivity contribution in [2.75, 3.05) is 0 Å². The Morgan fingerprint density at radius 1 is 1.33 bits per heavy atom. The normalized spacial score (nSPS) is 45.0. The number of hydrogen-bond donors (Lipinski definition) is 1. The third-order valence-corrected chi connectivity index (χ3v) is 2.04. The van der Waals surface area contributed by atoms with E-state index in [0.29, 0.717) is 5.92 Å². The van der Waals surface area contributed by atoms with E-state index in [9.17, 15) is 0 Å². The smallest absolute Gasteiger partial charge is 0.154 e. The highest BCUT2D eigenvalue weighted by Crippen LogP contribution is 2.22. The van der Waals surface area contributed by atoms with Crippen LogP contribution in [0.5, 0.6) is 0 Å². The molecule has 1 rings (SSSR count). The fourth-order valence-electron chi connectivity index (χ4n) is 1.09. The summed E-state index contributed by atoms with van der Waals surface area (Å²) in [6.07, 6.45) is 1.61. The van der Waals surface area contributed by atoms with Gasteiger partial charge in [0.1, 0.15) is 0 Å². The topological polar surface area (TPSA) is 29.5 Å². The van der Waals surface area contributed by atoms with Crippen molar-refractivity contribution in [2.24, 2.45) is 5.92 Å². The summed E-state index contributed by atoms with van der Waals surface area (Å²) < 4.78 is 5.15. The Kier molecular flexibility index (Phi) is 2.09. The van der Waals surface area contributed by atoms with Gasteiger partial charge in [0.15, 0.2) is 6.29 Å². The molecule has 9 heavy (non-hydrogen) atoms. The Morgan fingerprint density at radius 2 is 2.00 bits per heavy atom. The molecule has 1 unspecified atom stereocenters. The SMILES string of the molecule is CC1O[C@@H](O)CC[C@@H]1C. The summed E-state index contributed by atoms with van der Waals surface area (Å²) in [5.41, 5.74) is 0. The molecule has 54 valence electrons. The van der Waals surface area contributed by atoms with Crippen LogP contribution >= 0.6 is 0 Å². The minimum absolute atomic E-state index is 0.230. The molecule has 0 bridgehead atoms. The second kappa shape index (κ2) is 2.67. The van der Waals surface area contributed by atoms with Crippen LogP contribution in [-0.2, 0) is 4.74 Å². The van der Waals surface area contributed by atoms with E-state index in [1.807, 2.05) is 6.92 Å². The molecule has 0 aliphatic carbocycles. The van der Waals surface area contributed by atoms with Gasteiger partial charge in [-0.25, -0.2) is 0 Å². The summed E-state index contributed by atoms with van der Waals surface area (Å²) in [6.45, 7) is 4.16. The maximum atomic E-state index is 8.98. The van der Waals surface area contributed by atoms with E-state index in [1.165, 1.54) is 0 Å². The molecule has 0 saturated carbocycles. The summed E-state index contributed by atoms with van der Waals surface area (Å²) in [4.78, 5) is 0. The fourth-order valence-corrected chi connectivity index (χ4v) is 1.09. The second-order valence-corrected chi connectivity index (χ2v) is 2.85. The lowest BCUT2D eigenvalue weighted by Gasteiger charge is -2.29. The van der Waals surface area contributed by atoms with Crippen molar-refractivity contribution in [1.29, 1.82) is 0 Å². The molecule has 1 aliphatic rings. The Bertz CT molecular complexity index is 92.9. The molecular weight excluding hydrogens is 116 g/mol. The van der Waals surface area contributed by atoms with Gasteiger partial charge < -0.3 is 9.84 Å². The Hall–Kier alpha value is -0.0800. The number of hydrogen-bond acceptors (Lipinski definition) is 2. The minimum atomic E-state index is -0.504. The van der Waals surface area contributed by atoms with E-state index in [-0.39, 0.29) is 6.10 Å². The van der Waals surface area contributed by atoms with Gasteiger partial charge in [-0.15, -0.1) is 0 Å². The summed E-state index contributed by atoms with van der Waals surface area (Å²) in [6, 6.07) is 0. The molecule has 1 aliphatic heterocycles. The summed E-state index contributed by atoms with van der Waals surface area (Å²) in [5, 5.41) is 8.98. The molecule has 2 nitrogen and oxygen atoms in total. The molecule has 3 atom stereocenters. The highest BCUT2D eigenvalue weighted by atomic mass is 16.6. The molecule has 1 N–H and O–H groups in total. The molecule has 1 heterocycles. The van der Waals surface area contributed by atoms with Gasteiger partial charge in [0, 0.05) is 0 Å². The predicted molar refractivity (Wildman–Crippen MR) is 35.0 cm³/mol. The van der Waals surface area contributed by atoms with Crippen LogP contribution in [0.1, 0.15) is 26.7 Å². The standard InChI is InChI=1S/C7H14O2/c1-5-3-4-7(8)9-6(5)2/h5-8H,3-4H2,1-2H3/t5-,6?,7+/m0/s1. The van der Waals surface area contributed by atoms with Gasteiger partial charge >= 0.3 is 0 Å². The van der Waals surface area contributed by atoms with Crippen molar-refractivity contribution in [3.8, 4) is 0 Å². The molecule has 0 radical (unpaired) electrons. The van der Waals surface area contributed by atoms with Gasteiger partial charge in [0.25, 0.3) is 0 Å². The lowest BCUT2D eigenvalue weighted by atomic mass is 9.97. The van der Waals surface area contributed by atoms with Crippen LogP contribution in [-0.4, -0.2) is 17.5 Å². The number of ether oxygens (including phenoxy) is 1. The third kappa shape index (κ3) is 1.66. The van der Waals surface area contributed by atoms with Crippen LogP contribution in [0.2, 0.25) is 0 Å². The van der Waals surface area contributed by atoms with Gasteiger partial charge in [-0.2, -0.15) is 0 Å². The molecule has 2 heteroatoms. The lowest BCUT2D eigenvalue weighted by Crippen LogP contribution is -2.31. The molecule has 1 saturated heterocycles. The number of aliphatic hydroxyl groups is 1. The van der Waals surface area contributed by atoms with Crippen LogP contribution in [0, 0.1) is 5.92 Å². The third-order valence-electron chi connectivity index (χ3n) is 2.04. The molecule has 0 aromatic carbocycles. The Morgan fingerprint density at radius 3 is 2.44 bits per heavy atom. The Labute approximate surface area is 55.8 Å². The average molecular weight is 130 g/mol. The first kappa shape index (κ1) is 7.03. The Balaban J connectivity index is 2.35. The largest absolute Gasteiger partial charge is 0.368 e. The van der Waals surface area contributed by atoms with Crippen LogP contribution < -0.4 is 0 Å². The molecular formula is C7H14O2. The predicted octanol–water partition coefficient (Wildman–Crippen LogP) is 1.14. The zero-order valence-electron chi connectivity index (χ0n) is 6.00. The van der Waals surface area contributed by atoms with E-state index < -0.39 is 6.29 Å². The quantitative estimate of drug-likeness (QED) is 0.533. The fraction of sp³-hybridized carbons (Fsp3) is 1.00. The number of aliphatic hydroxyl groups excluding tert-OH is 1. The zero-order valence-corrected chi connectivity index (χ0v) is 6.00. The first-order chi connectivity index (χ1) is 4.20. The maximum Gasteiger partial charge on any atom is 0.154 e. The van der Waals surface area contributed by atoms with E-state index in [0.717, 1.165) is 12.8 Å². The number of rotatable bonds is 0. The van der Waals surface area contributed by atoms with E-state index >= 15 is 0 Å². The highest BCUT2D eigenvalue weighted by molar-refractivity contribution is 4.67. The van der Waals surface area contributed by atoms with Gasteiger partial charge in [-0.1, -0.05) is 6.92 Å². The van der Waals surface area contributed by atoms with Crippen molar-refractivity contribution in [1.82, 2.24) is 0 Å². The van der Waals surface area contributed by atoms with E-state index in [1.54, 1.807) is 0 Å². The van der Waals surface area contributed by atoms with Crippen molar-refractivity contribution < 1.29 is 9.84 Å². The second-order valence-electron chi connectivity index (χ2n) is 2.85. The molecule has 0 aromatic heterocycles. The van der Waals surface area contributed by atoms with Gasteiger partial charge in [-0.05, 0) is 25.7 Å². The molecule has 0 amide bonds. The van der Waals surface area contributed by atoms with E-state index in [2.05, 4.69) is 6.92 Å². The monoisotopic (exact) mass is 130 g/mol. The average Bonchev–Trinajstić information content (AvgIpc) is 1.80. The minimum Gasteiger partial charge on any atom is -0.368 e. The van der Waals surface area contributed by atoms with Crippen LogP contribution in [0.25, 0.3) is 0 Å². The van der Waals surface area contributed by atoms with Gasteiger partial charge in [0.05, 0.1) is 6.10 Å². The van der Waals surface area contributed by atoms with Gasteiger partial charge in [0.2, 0.25) is 0 Å². The van der Waals surface area contributed by atoms with Crippen molar-refractivity contribution in [2.45, 2.75) is 39.1 Å². The summed E-state index contributed by atoms with van der Waals surface area (Å²) in [7, 11) is 0. The lowest BCUT2D eigenvalue weighted by molar-refractivity contribution is -0.173. The zero-order chi connectivity index (χ0) is 6.85. The highest BCUT2D eigenvalue weighted by Gasteiger charge is 2.22. The van der Waals surface area contributed by atoms with Crippen LogP contribution in [0.4, 0.5) is 0 Å².